The molecule has 0 heterocycles. The zero-order chi connectivity index (χ0) is 19.8. The lowest BCUT2D eigenvalue weighted by atomic mass is 10.1. The zero-order valence-electron chi connectivity index (χ0n) is 15.2. The lowest BCUT2D eigenvalue weighted by Gasteiger charge is -2.22. The molecule has 6 nitrogen and oxygen atoms in total. The van der Waals surface area contributed by atoms with E-state index in [1.807, 2.05) is 0 Å². The zero-order valence-corrected chi connectivity index (χ0v) is 15.2. The van der Waals surface area contributed by atoms with Crippen molar-refractivity contribution in [2.24, 2.45) is 0 Å². The smallest absolute Gasteiger partial charge is 0.339 e. The van der Waals surface area contributed by atoms with Crippen molar-refractivity contribution >= 4 is 23.5 Å². The van der Waals surface area contributed by atoms with Crippen LogP contribution in [0.25, 0.3) is 0 Å². The number of rotatable bonds is 7. The number of methoxy groups -OCH3 is 1. The van der Waals surface area contributed by atoms with Crippen molar-refractivity contribution in [3.8, 4) is 0 Å². The molecular formula is C20H21FN2O4. The van der Waals surface area contributed by atoms with E-state index in [1.165, 1.54) is 31.1 Å². The Bertz CT molecular complexity index is 838. The Kier molecular flexibility index (Phi) is 7.05. The number of amides is 2. The topological polar surface area (TPSA) is 75.7 Å². The molecule has 0 saturated heterocycles. The van der Waals surface area contributed by atoms with Gasteiger partial charge in [-0.25, -0.2) is 9.18 Å². The van der Waals surface area contributed by atoms with Crippen LogP contribution in [0.15, 0.2) is 48.5 Å². The first kappa shape index (κ1) is 20.1. The van der Waals surface area contributed by atoms with Gasteiger partial charge in [-0.15, -0.1) is 0 Å². The number of esters is 1. The number of halogens is 1. The Labute approximate surface area is 156 Å². The van der Waals surface area contributed by atoms with Crippen LogP contribution >= 0.6 is 0 Å². The summed E-state index contributed by atoms with van der Waals surface area (Å²) < 4.78 is 18.3. The highest BCUT2D eigenvalue weighted by atomic mass is 19.1. The lowest BCUT2D eigenvalue weighted by Crippen LogP contribution is -2.41. The highest BCUT2D eigenvalue weighted by Crippen LogP contribution is 2.21. The molecule has 0 spiro atoms. The number of carbonyl (C=O) groups excluding carboxylic acids is 3. The second-order valence-corrected chi connectivity index (χ2v) is 5.81. The predicted molar refractivity (Wildman–Crippen MR) is 98.9 cm³/mol. The molecule has 0 radical (unpaired) electrons. The van der Waals surface area contributed by atoms with Crippen molar-refractivity contribution in [1.29, 1.82) is 0 Å². The van der Waals surface area contributed by atoms with Crippen molar-refractivity contribution in [3.63, 3.8) is 0 Å². The van der Waals surface area contributed by atoms with Crippen molar-refractivity contribution in [2.45, 2.75) is 13.3 Å². The number of para-hydroxylation sites is 1. The number of anilines is 1. The summed E-state index contributed by atoms with van der Waals surface area (Å²) in [6, 6.07) is 12.7. The van der Waals surface area contributed by atoms with E-state index in [0.29, 0.717) is 17.7 Å². The summed E-state index contributed by atoms with van der Waals surface area (Å²) in [5.74, 6) is -1.74. The van der Waals surface area contributed by atoms with Crippen molar-refractivity contribution < 1.29 is 23.5 Å². The van der Waals surface area contributed by atoms with Gasteiger partial charge in [-0.05, 0) is 30.2 Å². The maximum atomic E-state index is 13.6. The van der Waals surface area contributed by atoms with E-state index in [2.05, 4.69) is 5.32 Å². The summed E-state index contributed by atoms with van der Waals surface area (Å²) in [5.41, 5.74) is 0.979. The fourth-order valence-electron chi connectivity index (χ4n) is 2.59. The highest BCUT2D eigenvalue weighted by Gasteiger charge is 2.21. The first-order valence-corrected chi connectivity index (χ1v) is 8.39. The van der Waals surface area contributed by atoms with Crippen molar-refractivity contribution in [1.82, 2.24) is 5.32 Å². The number of hydrogen-bond acceptors (Lipinski definition) is 4. The van der Waals surface area contributed by atoms with Crippen LogP contribution in [0, 0.1) is 5.82 Å². The van der Waals surface area contributed by atoms with E-state index < -0.39 is 17.8 Å². The largest absolute Gasteiger partial charge is 0.465 e. The number of ether oxygens (including phenoxy) is 1. The van der Waals surface area contributed by atoms with Gasteiger partial charge in [0.05, 0.1) is 18.4 Å². The number of benzene rings is 2. The fourth-order valence-corrected chi connectivity index (χ4v) is 2.59. The second kappa shape index (κ2) is 9.47. The molecule has 0 aliphatic carbocycles. The minimum Gasteiger partial charge on any atom is -0.465 e. The second-order valence-electron chi connectivity index (χ2n) is 5.81. The number of hydrogen-bond donors (Lipinski definition) is 1. The van der Waals surface area contributed by atoms with Gasteiger partial charge in [0.25, 0.3) is 0 Å². The Morgan fingerprint density at radius 2 is 1.74 bits per heavy atom. The molecule has 2 rings (SSSR count). The molecule has 2 aromatic rings. The van der Waals surface area contributed by atoms with Crippen molar-refractivity contribution in [3.05, 3.63) is 65.5 Å². The van der Waals surface area contributed by atoms with Crippen molar-refractivity contribution in [2.75, 3.05) is 25.1 Å². The number of nitrogens with one attached hydrogen (secondary N) is 1. The van der Waals surface area contributed by atoms with Crippen LogP contribution in [-0.4, -0.2) is 38.0 Å². The monoisotopic (exact) mass is 372 g/mol. The highest BCUT2D eigenvalue weighted by molar-refractivity contribution is 6.04. The van der Waals surface area contributed by atoms with Gasteiger partial charge in [-0.1, -0.05) is 30.3 Å². The van der Waals surface area contributed by atoms with E-state index in [-0.39, 0.29) is 24.5 Å². The van der Waals surface area contributed by atoms with E-state index in [0.717, 1.165) is 0 Å². The molecule has 1 N–H and O–H groups in total. The van der Waals surface area contributed by atoms with Crippen LogP contribution in [0.5, 0.6) is 0 Å². The van der Waals surface area contributed by atoms with Crippen LogP contribution in [0.4, 0.5) is 10.1 Å². The molecule has 2 amide bonds. The molecule has 0 atom stereocenters. The van der Waals surface area contributed by atoms with E-state index >= 15 is 0 Å². The molecule has 0 aliphatic heterocycles. The molecule has 27 heavy (non-hydrogen) atoms. The third-order valence-corrected chi connectivity index (χ3v) is 3.96. The molecule has 0 aromatic heterocycles. The quantitative estimate of drug-likeness (QED) is 0.757. The lowest BCUT2D eigenvalue weighted by molar-refractivity contribution is -0.123. The molecule has 142 valence electrons. The minimum absolute atomic E-state index is 0.189. The van der Waals surface area contributed by atoms with Crippen LogP contribution in [0.3, 0.4) is 0 Å². The Balaban J connectivity index is 2.04. The van der Waals surface area contributed by atoms with E-state index in [1.54, 1.807) is 36.4 Å². The maximum absolute atomic E-state index is 13.6. The Morgan fingerprint density at radius 1 is 1.07 bits per heavy atom. The molecule has 7 heteroatoms. The minimum atomic E-state index is -0.600. The molecular weight excluding hydrogens is 351 g/mol. The van der Waals surface area contributed by atoms with E-state index in [4.69, 9.17) is 4.74 Å². The maximum Gasteiger partial charge on any atom is 0.339 e. The van der Waals surface area contributed by atoms with Crippen LogP contribution in [0.2, 0.25) is 0 Å². The van der Waals surface area contributed by atoms with Crippen LogP contribution in [0.1, 0.15) is 22.8 Å². The normalized spacial score (nSPS) is 10.2. The van der Waals surface area contributed by atoms with Crippen LogP contribution < -0.4 is 10.2 Å². The fraction of sp³-hybridized carbons (Fsp3) is 0.250. The van der Waals surface area contributed by atoms with Gasteiger partial charge in [-0.3, -0.25) is 9.59 Å². The summed E-state index contributed by atoms with van der Waals surface area (Å²) >= 11 is 0. The Hall–Kier alpha value is -3.22. The number of carbonyl (C=O) groups is 3. The van der Waals surface area contributed by atoms with Gasteiger partial charge in [0.2, 0.25) is 11.8 Å². The third-order valence-electron chi connectivity index (χ3n) is 3.96. The summed E-state index contributed by atoms with van der Waals surface area (Å²) in [7, 11) is 1.24. The molecule has 0 fully saturated rings. The average molecular weight is 372 g/mol. The summed E-state index contributed by atoms with van der Waals surface area (Å²) in [6.45, 7) is 1.27. The van der Waals surface area contributed by atoms with Gasteiger partial charge in [-0.2, -0.15) is 0 Å². The standard InChI is InChI=1S/C20H21FN2O4/c1-14(24)23(18-10-6-4-8-16(18)20(26)27-2)13-19(25)22-12-11-15-7-3-5-9-17(15)21/h3-10H,11-13H2,1-2H3,(H,22,25). The Morgan fingerprint density at radius 3 is 2.41 bits per heavy atom. The molecule has 0 bridgehead atoms. The van der Waals surface area contributed by atoms with Crippen LogP contribution in [-0.2, 0) is 20.7 Å². The molecule has 0 aliphatic rings. The molecule has 0 saturated carbocycles. The van der Waals surface area contributed by atoms with E-state index in [9.17, 15) is 18.8 Å². The summed E-state index contributed by atoms with van der Waals surface area (Å²) in [5, 5.41) is 2.66. The molecule has 2 aromatic carbocycles. The summed E-state index contributed by atoms with van der Waals surface area (Å²) in [4.78, 5) is 37.4. The van der Waals surface area contributed by atoms with Gasteiger partial charge < -0.3 is 15.0 Å². The first-order valence-electron chi connectivity index (χ1n) is 8.39. The predicted octanol–water partition coefficient (Wildman–Crippen LogP) is 2.32. The van der Waals surface area contributed by atoms with Gasteiger partial charge in [0.1, 0.15) is 12.4 Å². The van der Waals surface area contributed by atoms with Gasteiger partial charge >= 0.3 is 5.97 Å². The number of nitrogens with zero attached hydrogens (tertiary/aromatic N) is 1. The van der Waals surface area contributed by atoms with Gasteiger partial charge in [0, 0.05) is 13.5 Å². The SMILES string of the molecule is COC(=O)c1ccccc1N(CC(=O)NCCc1ccccc1F)C(C)=O. The average Bonchev–Trinajstić information content (AvgIpc) is 2.67. The third kappa shape index (κ3) is 5.37. The van der Waals surface area contributed by atoms with Gasteiger partial charge in [0.15, 0.2) is 0 Å². The first-order chi connectivity index (χ1) is 12.9. The summed E-state index contributed by atoms with van der Waals surface area (Å²) in [6.07, 6.45) is 0.331. The molecule has 0 unspecified atom stereocenters.